The molecule has 1 heterocycles. The van der Waals surface area contributed by atoms with Crippen LogP contribution in [0.15, 0.2) is 42.7 Å². The second-order valence-corrected chi connectivity index (χ2v) is 4.60. The van der Waals surface area contributed by atoms with E-state index < -0.39 is 6.10 Å². The molecular formula is C15H16ClNO2. The smallest absolute Gasteiger partial charge is 0.119 e. The summed E-state index contributed by atoms with van der Waals surface area (Å²) in [6.07, 6.45) is 3.14. The highest BCUT2D eigenvalue weighted by molar-refractivity contribution is 6.31. The third-order valence-electron chi connectivity index (χ3n) is 2.85. The number of aliphatic hydroxyl groups excluding tert-OH is 1. The van der Waals surface area contributed by atoms with Gasteiger partial charge in [0.05, 0.1) is 17.7 Å². The van der Waals surface area contributed by atoms with Gasteiger partial charge in [0.25, 0.3) is 0 Å². The van der Waals surface area contributed by atoms with Gasteiger partial charge in [0.15, 0.2) is 0 Å². The Morgan fingerprint density at radius 1 is 1.26 bits per heavy atom. The predicted octanol–water partition coefficient (Wildman–Crippen LogP) is 3.41. The highest BCUT2D eigenvalue weighted by Crippen LogP contribution is 2.24. The number of nitrogens with zero attached hydrogens (tertiary/aromatic N) is 1. The van der Waals surface area contributed by atoms with Crippen molar-refractivity contribution in [2.75, 3.05) is 6.61 Å². The molecule has 19 heavy (non-hydrogen) atoms. The van der Waals surface area contributed by atoms with Gasteiger partial charge in [0.1, 0.15) is 5.75 Å². The monoisotopic (exact) mass is 277 g/mol. The average molecular weight is 278 g/mol. The number of pyridine rings is 1. The van der Waals surface area contributed by atoms with Crippen LogP contribution in [0.25, 0.3) is 0 Å². The Hall–Kier alpha value is -1.58. The molecule has 0 fully saturated rings. The molecule has 1 aromatic carbocycles. The molecule has 4 heteroatoms. The standard InChI is InChI=1S/C15H16ClNO2/c1-2-19-13-5-3-11(4-6-13)15(18)9-12-7-8-17-10-14(12)16/h3-8,10,15,18H,2,9H2,1H3. The van der Waals surface area contributed by atoms with Crippen LogP contribution in [-0.4, -0.2) is 16.7 Å². The molecule has 0 saturated carbocycles. The van der Waals surface area contributed by atoms with Gasteiger partial charge in [-0.15, -0.1) is 0 Å². The van der Waals surface area contributed by atoms with E-state index in [1.54, 1.807) is 12.4 Å². The summed E-state index contributed by atoms with van der Waals surface area (Å²) in [5.41, 5.74) is 1.73. The zero-order valence-corrected chi connectivity index (χ0v) is 11.5. The fourth-order valence-corrected chi connectivity index (χ4v) is 2.05. The second kappa shape index (κ2) is 6.55. The molecule has 1 N–H and O–H groups in total. The maximum Gasteiger partial charge on any atom is 0.119 e. The first-order valence-corrected chi connectivity index (χ1v) is 6.57. The van der Waals surface area contributed by atoms with Crippen LogP contribution in [0.5, 0.6) is 5.75 Å². The SMILES string of the molecule is CCOc1ccc(C(O)Cc2ccncc2Cl)cc1. The van der Waals surface area contributed by atoms with Crippen molar-refractivity contribution in [1.82, 2.24) is 4.98 Å². The Bertz CT molecular complexity index is 528. The van der Waals surface area contributed by atoms with Gasteiger partial charge in [-0.05, 0) is 36.2 Å². The summed E-state index contributed by atoms with van der Waals surface area (Å²) in [6, 6.07) is 9.27. The summed E-state index contributed by atoms with van der Waals surface area (Å²) >= 11 is 6.03. The fourth-order valence-electron chi connectivity index (χ4n) is 1.85. The first-order valence-electron chi connectivity index (χ1n) is 6.20. The molecule has 3 nitrogen and oxygen atoms in total. The number of rotatable bonds is 5. The van der Waals surface area contributed by atoms with Crippen LogP contribution in [0.3, 0.4) is 0 Å². The van der Waals surface area contributed by atoms with E-state index in [-0.39, 0.29) is 0 Å². The van der Waals surface area contributed by atoms with E-state index >= 15 is 0 Å². The lowest BCUT2D eigenvalue weighted by Gasteiger charge is -2.12. The molecule has 0 saturated heterocycles. The zero-order chi connectivity index (χ0) is 13.7. The summed E-state index contributed by atoms with van der Waals surface area (Å²) in [5, 5.41) is 10.8. The van der Waals surface area contributed by atoms with Crippen molar-refractivity contribution in [3.8, 4) is 5.75 Å². The minimum Gasteiger partial charge on any atom is -0.494 e. The van der Waals surface area contributed by atoms with Crippen molar-refractivity contribution in [2.24, 2.45) is 0 Å². The summed E-state index contributed by atoms with van der Waals surface area (Å²) in [4.78, 5) is 3.93. The molecule has 2 aromatic rings. The summed E-state index contributed by atoms with van der Waals surface area (Å²) < 4.78 is 5.37. The van der Waals surface area contributed by atoms with E-state index in [4.69, 9.17) is 16.3 Å². The molecule has 2 rings (SSSR count). The topological polar surface area (TPSA) is 42.4 Å². The van der Waals surface area contributed by atoms with Crippen LogP contribution in [0.4, 0.5) is 0 Å². The van der Waals surface area contributed by atoms with Gasteiger partial charge >= 0.3 is 0 Å². The van der Waals surface area contributed by atoms with Crippen LogP contribution in [-0.2, 0) is 6.42 Å². The lowest BCUT2D eigenvalue weighted by molar-refractivity contribution is 0.178. The highest BCUT2D eigenvalue weighted by atomic mass is 35.5. The molecule has 0 spiro atoms. The van der Waals surface area contributed by atoms with Crippen LogP contribution in [0, 0.1) is 0 Å². The molecule has 0 aliphatic rings. The Morgan fingerprint density at radius 2 is 2.00 bits per heavy atom. The molecular weight excluding hydrogens is 262 g/mol. The first-order chi connectivity index (χ1) is 9.20. The number of halogens is 1. The largest absolute Gasteiger partial charge is 0.494 e. The summed E-state index contributed by atoms with van der Waals surface area (Å²) in [5.74, 6) is 0.806. The number of ether oxygens (including phenoxy) is 1. The lowest BCUT2D eigenvalue weighted by atomic mass is 10.0. The quantitative estimate of drug-likeness (QED) is 0.911. The number of hydrogen-bond donors (Lipinski definition) is 1. The van der Waals surface area contributed by atoms with E-state index in [2.05, 4.69) is 4.98 Å². The van der Waals surface area contributed by atoms with Gasteiger partial charge in [-0.3, -0.25) is 4.98 Å². The van der Waals surface area contributed by atoms with Crippen LogP contribution in [0.2, 0.25) is 5.02 Å². The van der Waals surface area contributed by atoms with Crippen molar-refractivity contribution in [1.29, 1.82) is 0 Å². The average Bonchev–Trinajstić information content (AvgIpc) is 2.42. The Balaban J connectivity index is 2.07. The van der Waals surface area contributed by atoms with Crippen molar-refractivity contribution >= 4 is 11.6 Å². The summed E-state index contributed by atoms with van der Waals surface area (Å²) in [7, 11) is 0. The molecule has 0 radical (unpaired) electrons. The van der Waals surface area contributed by atoms with Gasteiger partial charge < -0.3 is 9.84 Å². The number of benzene rings is 1. The Kier molecular flexibility index (Phi) is 4.77. The molecule has 0 aliphatic heterocycles. The maximum absolute atomic E-state index is 10.2. The Labute approximate surface area is 117 Å². The fraction of sp³-hybridized carbons (Fsp3) is 0.267. The molecule has 0 aliphatic carbocycles. The highest BCUT2D eigenvalue weighted by Gasteiger charge is 2.11. The van der Waals surface area contributed by atoms with Gasteiger partial charge in [-0.25, -0.2) is 0 Å². The van der Waals surface area contributed by atoms with Crippen molar-refractivity contribution in [3.63, 3.8) is 0 Å². The summed E-state index contributed by atoms with van der Waals surface area (Å²) in [6.45, 7) is 2.57. The van der Waals surface area contributed by atoms with E-state index in [0.29, 0.717) is 18.1 Å². The third-order valence-corrected chi connectivity index (χ3v) is 3.19. The normalized spacial score (nSPS) is 12.2. The molecule has 0 bridgehead atoms. The second-order valence-electron chi connectivity index (χ2n) is 4.19. The lowest BCUT2D eigenvalue weighted by Crippen LogP contribution is -2.02. The van der Waals surface area contributed by atoms with E-state index in [1.807, 2.05) is 37.3 Å². The molecule has 1 aromatic heterocycles. The first kappa shape index (κ1) is 13.8. The molecule has 0 amide bonds. The number of aliphatic hydroxyl groups is 1. The van der Waals surface area contributed by atoms with E-state index in [1.165, 1.54) is 0 Å². The van der Waals surface area contributed by atoms with Crippen molar-refractivity contribution in [3.05, 3.63) is 58.9 Å². The van der Waals surface area contributed by atoms with Gasteiger partial charge in [0, 0.05) is 18.8 Å². The van der Waals surface area contributed by atoms with Crippen molar-refractivity contribution < 1.29 is 9.84 Å². The molecule has 100 valence electrons. The zero-order valence-electron chi connectivity index (χ0n) is 10.7. The van der Waals surface area contributed by atoms with Gasteiger partial charge in [-0.1, -0.05) is 23.7 Å². The molecule has 1 atom stereocenters. The van der Waals surface area contributed by atoms with Crippen LogP contribution < -0.4 is 4.74 Å². The van der Waals surface area contributed by atoms with Gasteiger partial charge in [-0.2, -0.15) is 0 Å². The van der Waals surface area contributed by atoms with E-state index in [9.17, 15) is 5.11 Å². The predicted molar refractivity (Wildman–Crippen MR) is 75.5 cm³/mol. The number of aromatic nitrogens is 1. The van der Waals surface area contributed by atoms with Crippen molar-refractivity contribution in [2.45, 2.75) is 19.4 Å². The molecule has 1 unspecified atom stereocenters. The number of hydrogen-bond acceptors (Lipinski definition) is 3. The van der Waals surface area contributed by atoms with E-state index in [0.717, 1.165) is 16.9 Å². The van der Waals surface area contributed by atoms with Crippen LogP contribution in [0.1, 0.15) is 24.2 Å². The third kappa shape index (κ3) is 3.69. The Morgan fingerprint density at radius 3 is 2.63 bits per heavy atom. The minimum atomic E-state index is -0.587. The van der Waals surface area contributed by atoms with Gasteiger partial charge in [0.2, 0.25) is 0 Å². The maximum atomic E-state index is 10.2. The minimum absolute atomic E-state index is 0.468. The van der Waals surface area contributed by atoms with Crippen LogP contribution >= 0.6 is 11.6 Å².